The lowest BCUT2D eigenvalue weighted by molar-refractivity contribution is 0.479. The maximum atomic E-state index is 5.92. The fourth-order valence-corrected chi connectivity index (χ4v) is 1.86. The summed E-state index contributed by atoms with van der Waals surface area (Å²) < 4.78 is 0. The molecular formula is C13H17ClN2. The number of unbranched alkanes of at least 4 members (excludes halogenated alkanes) is 1. The summed E-state index contributed by atoms with van der Waals surface area (Å²) in [6.45, 7) is 0. The predicted molar refractivity (Wildman–Crippen MR) is 69.0 cm³/mol. The standard InChI is InChI=1S/C13H17ClN2/c1-2-3-4-8-13(16-15)10-11-6-5-7-12(14)9-11/h1,5-7,9,13,16H,3-4,8,10,15H2. The van der Waals surface area contributed by atoms with Crippen molar-refractivity contribution in [3.63, 3.8) is 0 Å². The molecule has 3 heteroatoms. The number of nitrogens with one attached hydrogen (secondary N) is 1. The average molecular weight is 237 g/mol. The van der Waals surface area contributed by atoms with E-state index in [0.717, 1.165) is 30.7 Å². The van der Waals surface area contributed by atoms with E-state index in [1.165, 1.54) is 5.56 Å². The Morgan fingerprint density at radius 2 is 2.31 bits per heavy atom. The van der Waals surface area contributed by atoms with Crippen molar-refractivity contribution in [2.75, 3.05) is 0 Å². The maximum Gasteiger partial charge on any atom is 0.0408 e. The van der Waals surface area contributed by atoms with Gasteiger partial charge in [0.1, 0.15) is 0 Å². The first-order chi connectivity index (χ1) is 7.76. The molecule has 0 amide bonds. The highest BCUT2D eigenvalue weighted by Crippen LogP contribution is 2.13. The Morgan fingerprint density at radius 1 is 1.50 bits per heavy atom. The summed E-state index contributed by atoms with van der Waals surface area (Å²) in [5, 5.41) is 0.761. The zero-order chi connectivity index (χ0) is 11.8. The number of halogens is 1. The SMILES string of the molecule is C#CCCCC(Cc1cccc(Cl)c1)NN. The number of hydrogen-bond donors (Lipinski definition) is 2. The lowest BCUT2D eigenvalue weighted by Gasteiger charge is -2.15. The van der Waals surface area contributed by atoms with E-state index in [2.05, 4.69) is 17.4 Å². The molecule has 0 fully saturated rings. The molecule has 0 heterocycles. The molecule has 1 aromatic rings. The molecule has 1 rings (SSSR count). The number of hydrogen-bond acceptors (Lipinski definition) is 2. The van der Waals surface area contributed by atoms with E-state index in [1.807, 2.05) is 18.2 Å². The van der Waals surface area contributed by atoms with Crippen molar-refractivity contribution in [3.05, 3.63) is 34.9 Å². The van der Waals surface area contributed by atoms with Crippen molar-refractivity contribution >= 4 is 11.6 Å². The van der Waals surface area contributed by atoms with Crippen LogP contribution in [0.3, 0.4) is 0 Å². The Kier molecular flexibility index (Phi) is 5.95. The molecular weight excluding hydrogens is 220 g/mol. The third kappa shape index (κ3) is 4.67. The van der Waals surface area contributed by atoms with Crippen molar-refractivity contribution in [2.45, 2.75) is 31.7 Å². The van der Waals surface area contributed by atoms with Gasteiger partial charge in [0.05, 0.1) is 0 Å². The first kappa shape index (κ1) is 13.1. The molecule has 86 valence electrons. The van der Waals surface area contributed by atoms with Gasteiger partial charge in [-0.1, -0.05) is 23.7 Å². The smallest absolute Gasteiger partial charge is 0.0408 e. The third-order valence-electron chi connectivity index (χ3n) is 2.48. The summed E-state index contributed by atoms with van der Waals surface area (Å²) in [5.41, 5.74) is 4.01. The lowest BCUT2D eigenvalue weighted by Crippen LogP contribution is -2.36. The van der Waals surface area contributed by atoms with Gasteiger partial charge in [-0.3, -0.25) is 11.3 Å². The quantitative estimate of drug-likeness (QED) is 0.345. The van der Waals surface area contributed by atoms with Crippen LogP contribution in [0, 0.1) is 12.3 Å². The molecule has 0 aliphatic rings. The van der Waals surface area contributed by atoms with Gasteiger partial charge in [-0.25, -0.2) is 0 Å². The van der Waals surface area contributed by atoms with E-state index in [4.69, 9.17) is 23.9 Å². The highest BCUT2D eigenvalue weighted by molar-refractivity contribution is 6.30. The van der Waals surface area contributed by atoms with Crippen LogP contribution < -0.4 is 11.3 Å². The number of hydrazine groups is 1. The zero-order valence-corrected chi connectivity index (χ0v) is 10.0. The molecule has 1 unspecified atom stereocenters. The molecule has 16 heavy (non-hydrogen) atoms. The second-order valence-corrected chi connectivity index (χ2v) is 4.23. The minimum Gasteiger partial charge on any atom is -0.271 e. The molecule has 1 atom stereocenters. The number of rotatable bonds is 6. The topological polar surface area (TPSA) is 38.0 Å². The van der Waals surface area contributed by atoms with Gasteiger partial charge in [-0.15, -0.1) is 12.3 Å². The molecule has 0 spiro atoms. The van der Waals surface area contributed by atoms with Crippen molar-refractivity contribution in [2.24, 2.45) is 5.84 Å². The fourth-order valence-electron chi connectivity index (χ4n) is 1.64. The molecule has 0 saturated carbocycles. The molecule has 2 nitrogen and oxygen atoms in total. The Balaban J connectivity index is 2.47. The highest BCUT2D eigenvalue weighted by Gasteiger charge is 2.07. The van der Waals surface area contributed by atoms with Gasteiger partial charge in [0, 0.05) is 17.5 Å². The van der Waals surface area contributed by atoms with Gasteiger partial charge < -0.3 is 0 Å². The van der Waals surface area contributed by atoms with Crippen LogP contribution in [0.15, 0.2) is 24.3 Å². The molecule has 0 aliphatic carbocycles. The predicted octanol–water partition coefficient (Wildman–Crippen LogP) is 2.52. The van der Waals surface area contributed by atoms with E-state index >= 15 is 0 Å². The first-order valence-electron chi connectivity index (χ1n) is 5.40. The van der Waals surface area contributed by atoms with Crippen molar-refractivity contribution < 1.29 is 0 Å². The van der Waals surface area contributed by atoms with Crippen LogP contribution in [0.5, 0.6) is 0 Å². The van der Waals surface area contributed by atoms with Gasteiger partial charge in [0.2, 0.25) is 0 Å². The van der Waals surface area contributed by atoms with Gasteiger partial charge >= 0.3 is 0 Å². The molecule has 1 aromatic carbocycles. The summed E-state index contributed by atoms with van der Waals surface area (Å²) in [6.07, 6.45) is 8.86. The van der Waals surface area contributed by atoms with E-state index < -0.39 is 0 Å². The van der Waals surface area contributed by atoms with E-state index in [-0.39, 0.29) is 6.04 Å². The number of benzene rings is 1. The summed E-state index contributed by atoms with van der Waals surface area (Å²) in [7, 11) is 0. The van der Waals surface area contributed by atoms with Crippen LogP contribution >= 0.6 is 11.6 Å². The minimum atomic E-state index is 0.256. The normalized spacial score (nSPS) is 12.1. The van der Waals surface area contributed by atoms with Crippen molar-refractivity contribution in [1.82, 2.24) is 5.43 Å². The molecule has 3 N–H and O–H groups in total. The summed E-state index contributed by atoms with van der Waals surface area (Å²) in [6, 6.07) is 8.10. The zero-order valence-electron chi connectivity index (χ0n) is 9.25. The number of nitrogens with two attached hydrogens (primary N) is 1. The van der Waals surface area contributed by atoms with E-state index in [0.29, 0.717) is 0 Å². The fraction of sp³-hybridized carbons (Fsp3) is 0.385. The Morgan fingerprint density at radius 3 is 2.94 bits per heavy atom. The molecule has 0 aliphatic heterocycles. The highest BCUT2D eigenvalue weighted by atomic mass is 35.5. The van der Waals surface area contributed by atoms with Crippen LogP contribution in [-0.4, -0.2) is 6.04 Å². The largest absolute Gasteiger partial charge is 0.271 e. The molecule has 0 radical (unpaired) electrons. The van der Waals surface area contributed by atoms with Crippen molar-refractivity contribution in [3.8, 4) is 12.3 Å². The van der Waals surface area contributed by atoms with Gasteiger partial charge in [0.25, 0.3) is 0 Å². The first-order valence-corrected chi connectivity index (χ1v) is 5.78. The van der Waals surface area contributed by atoms with Crippen LogP contribution in [-0.2, 0) is 6.42 Å². The Bertz CT molecular complexity index is 357. The Hall–Kier alpha value is -1.01. The summed E-state index contributed by atoms with van der Waals surface area (Å²) >= 11 is 5.92. The van der Waals surface area contributed by atoms with E-state index in [9.17, 15) is 0 Å². The molecule has 0 aromatic heterocycles. The second kappa shape index (κ2) is 7.29. The van der Waals surface area contributed by atoms with Gasteiger partial charge in [0.15, 0.2) is 0 Å². The van der Waals surface area contributed by atoms with Crippen LogP contribution in [0.2, 0.25) is 5.02 Å². The summed E-state index contributed by atoms with van der Waals surface area (Å²) in [4.78, 5) is 0. The monoisotopic (exact) mass is 236 g/mol. The number of terminal acetylenes is 1. The van der Waals surface area contributed by atoms with Crippen LogP contribution in [0.4, 0.5) is 0 Å². The van der Waals surface area contributed by atoms with Crippen molar-refractivity contribution in [1.29, 1.82) is 0 Å². The maximum absolute atomic E-state index is 5.92. The Labute approximate surface area is 102 Å². The second-order valence-electron chi connectivity index (χ2n) is 3.79. The minimum absolute atomic E-state index is 0.256. The van der Waals surface area contributed by atoms with E-state index in [1.54, 1.807) is 0 Å². The molecule has 0 bridgehead atoms. The van der Waals surface area contributed by atoms with Gasteiger partial charge in [-0.2, -0.15) is 0 Å². The average Bonchev–Trinajstić information content (AvgIpc) is 2.28. The molecule has 0 saturated heterocycles. The van der Waals surface area contributed by atoms with Crippen LogP contribution in [0.1, 0.15) is 24.8 Å². The van der Waals surface area contributed by atoms with Crippen LogP contribution in [0.25, 0.3) is 0 Å². The summed E-state index contributed by atoms with van der Waals surface area (Å²) in [5.74, 6) is 8.14. The van der Waals surface area contributed by atoms with Gasteiger partial charge in [-0.05, 0) is 37.0 Å². The third-order valence-corrected chi connectivity index (χ3v) is 2.72. The lowest BCUT2D eigenvalue weighted by atomic mass is 10.0.